The quantitative estimate of drug-likeness (QED) is 0.168. The third kappa shape index (κ3) is 11.5. The molecule has 43 heavy (non-hydrogen) atoms. The first-order valence-electron chi connectivity index (χ1n) is 15.4. The zero-order valence-corrected chi connectivity index (χ0v) is 28.8. The maximum Gasteiger partial charge on any atom is 0.245 e. The summed E-state index contributed by atoms with van der Waals surface area (Å²) in [6, 6.07) is 7.87. The van der Waals surface area contributed by atoms with Crippen LogP contribution < -0.4 is 21.7 Å². The second-order valence-electron chi connectivity index (χ2n) is 13.4. The van der Waals surface area contributed by atoms with Gasteiger partial charge in [0.25, 0.3) is 0 Å². The van der Waals surface area contributed by atoms with E-state index in [9.17, 15) is 4.79 Å². The molecule has 1 heterocycles. The van der Waals surface area contributed by atoms with Crippen molar-refractivity contribution in [1.29, 1.82) is 0 Å². The molecule has 6 nitrogen and oxygen atoms in total. The molecular formula is C35H55Cl2N5O. The first-order chi connectivity index (χ1) is 20.1. The Kier molecular flexibility index (Phi) is 14.0. The van der Waals surface area contributed by atoms with Crippen molar-refractivity contribution in [2.45, 2.75) is 97.3 Å². The second kappa shape index (κ2) is 16.5. The molecule has 240 valence electrons. The average Bonchev–Trinajstić information content (AvgIpc) is 3.42. The third-order valence-electron chi connectivity index (χ3n) is 8.22. The van der Waals surface area contributed by atoms with Gasteiger partial charge in [0.2, 0.25) is 5.91 Å². The molecule has 3 unspecified atom stereocenters. The topological polar surface area (TPSA) is 82.4 Å². The van der Waals surface area contributed by atoms with E-state index in [4.69, 9.17) is 28.9 Å². The van der Waals surface area contributed by atoms with Crippen molar-refractivity contribution >= 4 is 29.1 Å². The van der Waals surface area contributed by atoms with Gasteiger partial charge in [0.1, 0.15) is 6.04 Å². The lowest BCUT2D eigenvalue weighted by Crippen LogP contribution is -2.55. The zero-order valence-electron chi connectivity index (χ0n) is 27.2. The highest BCUT2D eigenvalue weighted by Crippen LogP contribution is 2.34. The summed E-state index contributed by atoms with van der Waals surface area (Å²) in [6.07, 6.45) is 5.63. The fraction of sp³-hybridized carbons (Fsp3) is 0.571. The fourth-order valence-electron chi connectivity index (χ4n) is 5.69. The van der Waals surface area contributed by atoms with Gasteiger partial charge < -0.3 is 26.6 Å². The lowest BCUT2D eigenvalue weighted by Gasteiger charge is -2.36. The number of nitrogens with one attached hydrogen (secondary N) is 3. The molecular weight excluding hydrogens is 577 g/mol. The highest BCUT2D eigenvalue weighted by molar-refractivity contribution is 6.40. The molecule has 2 fully saturated rings. The molecule has 0 radical (unpaired) electrons. The minimum atomic E-state index is -0.392. The van der Waals surface area contributed by atoms with Crippen molar-refractivity contribution in [2.24, 2.45) is 23.5 Å². The van der Waals surface area contributed by atoms with Crippen LogP contribution in [0, 0.1) is 17.8 Å². The van der Waals surface area contributed by atoms with Gasteiger partial charge in [-0.3, -0.25) is 4.79 Å². The number of carbonyl (C=O) groups excluding carboxylic acids is 1. The van der Waals surface area contributed by atoms with Crippen LogP contribution in [-0.4, -0.2) is 46.4 Å². The second-order valence-corrected chi connectivity index (χ2v) is 14.2. The Balaban J connectivity index is 0.000000819. The van der Waals surface area contributed by atoms with Crippen LogP contribution in [0.2, 0.25) is 0 Å². The lowest BCUT2D eigenvalue weighted by molar-refractivity contribution is -0.135. The van der Waals surface area contributed by atoms with Crippen molar-refractivity contribution in [1.82, 2.24) is 20.9 Å². The number of benzene rings is 1. The van der Waals surface area contributed by atoms with Crippen LogP contribution in [0.1, 0.15) is 71.9 Å². The number of nitrogens with two attached hydrogens (primary N) is 1. The summed E-state index contributed by atoms with van der Waals surface area (Å²) in [4.78, 5) is 16.2. The highest BCUT2D eigenvalue weighted by Gasteiger charge is 2.43. The van der Waals surface area contributed by atoms with E-state index in [2.05, 4.69) is 101 Å². The van der Waals surface area contributed by atoms with E-state index >= 15 is 0 Å². The van der Waals surface area contributed by atoms with Gasteiger partial charge >= 0.3 is 0 Å². The fourth-order valence-corrected chi connectivity index (χ4v) is 5.69. The first-order valence-corrected chi connectivity index (χ1v) is 16.5. The number of rotatable bonds is 10. The SMILES string of the molecule is C=C(NC(C(=O)N1CC[C@H](C)C1C(=C)NC(C)C(=C)C(=C)N)C1Cc2ccccc2C1)NC(C)(C)C.CC1CC1.ClCCl. The van der Waals surface area contributed by atoms with Crippen LogP contribution in [0.5, 0.6) is 0 Å². The van der Waals surface area contributed by atoms with Gasteiger partial charge in [-0.1, -0.05) is 77.3 Å². The van der Waals surface area contributed by atoms with Crippen molar-refractivity contribution < 1.29 is 4.79 Å². The minimum absolute atomic E-state index is 0.0941. The van der Waals surface area contributed by atoms with Crippen molar-refractivity contribution in [3.8, 4) is 0 Å². The average molecular weight is 633 g/mol. The number of halogens is 2. The van der Waals surface area contributed by atoms with Gasteiger partial charge in [-0.25, -0.2) is 0 Å². The van der Waals surface area contributed by atoms with Crippen LogP contribution in [0.25, 0.3) is 0 Å². The Hall–Kier alpha value is -2.57. The Bertz CT molecular complexity index is 1110. The van der Waals surface area contributed by atoms with E-state index in [0.29, 0.717) is 18.1 Å². The van der Waals surface area contributed by atoms with Crippen LogP contribution in [0.15, 0.2) is 73.4 Å². The Morgan fingerprint density at radius 3 is 1.98 bits per heavy atom. The molecule has 1 amide bonds. The van der Waals surface area contributed by atoms with E-state index in [-0.39, 0.29) is 40.7 Å². The van der Waals surface area contributed by atoms with Crippen LogP contribution in [-0.2, 0) is 17.6 Å². The van der Waals surface area contributed by atoms with Crippen molar-refractivity contribution in [3.63, 3.8) is 0 Å². The molecule has 1 saturated carbocycles. The van der Waals surface area contributed by atoms with E-state index in [1.807, 2.05) is 11.8 Å². The standard InChI is InChI=1S/C30H45N5O.C4H8.CH2Cl2/c1-18-14-15-35(28(18)22(5)32-21(4)19(2)20(3)31)29(36)27(33-23(6)34-30(7,8)9)26-16-24-12-10-11-13-25(24)17-26;1-4-2-3-4;2-1-3/h10-13,18,21,26-28,32-34H,2-3,5-6,14-17,31H2,1,4,7-9H3;4H,2-3H2,1H3;1H2/t18-,21?,27?,28?;;/m0../s1. The molecule has 0 spiro atoms. The zero-order chi connectivity index (χ0) is 32.5. The molecule has 0 aromatic heterocycles. The highest BCUT2D eigenvalue weighted by atomic mass is 35.5. The molecule has 2 aliphatic carbocycles. The number of hydrogen-bond donors (Lipinski definition) is 4. The Labute approximate surface area is 271 Å². The number of likely N-dealkylation sites (tertiary alicyclic amines) is 1. The molecule has 0 bridgehead atoms. The summed E-state index contributed by atoms with van der Waals surface area (Å²) in [5.74, 6) is 2.28. The summed E-state index contributed by atoms with van der Waals surface area (Å²) in [5.41, 5.74) is 10.3. The third-order valence-corrected chi connectivity index (χ3v) is 8.22. The summed E-state index contributed by atoms with van der Waals surface area (Å²) in [7, 11) is 0. The summed E-state index contributed by atoms with van der Waals surface area (Å²) in [6.45, 7) is 29.8. The van der Waals surface area contributed by atoms with Crippen molar-refractivity contribution in [3.05, 3.63) is 84.5 Å². The molecule has 8 heteroatoms. The number of fused-ring (bicyclic) bond motifs is 1. The van der Waals surface area contributed by atoms with Crippen LogP contribution >= 0.6 is 23.2 Å². The number of nitrogens with zero attached hydrogens (tertiary/aromatic N) is 1. The molecule has 1 aromatic rings. The summed E-state index contributed by atoms with van der Waals surface area (Å²) in [5, 5.41) is 10.5. The first kappa shape index (κ1) is 36.6. The Morgan fingerprint density at radius 1 is 1.02 bits per heavy atom. The largest absolute Gasteiger partial charge is 0.399 e. The molecule has 1 aliphatic heterocycles. The molecule has 4 atom stereocenters. The van der Waals surface area contributed by atoms with Gasteiger partial charge in [0, 0.05) is 29.5 Å². The van der Waals surface area contributed by atoms with Gasteiger partial charge in [-0.15, -0.1) is 23.2 Å². The maximum atomic E-state index is 14.2. The molecule has 3 aliphatic rings. The van der Waals surface area contributed by atoms with Gasteiger partial charge in [0.15, 0.2) is 0 Å². The van der Waals surface area contributed by atoms with E-state index in [0.717, 1.165) is 36.5 Å². The smallest absolute Gasteiger partial charge is 0.245 e. The van der Waals surface area contributed by atoms with E-state index in [1.54, 1.807) is 0 Å². The number of alkyl halides is 2. The minimum Gasteiger partial charge on any atom is -0.399 e. The normalized spacial score (nSPS) is 20.7. The van der Waals surface area contributed by atoms with Crippen LogP contribution in [0.4, 0.5) is 0 Å². The summed E-state index contributed by atoms with van der Waals surface area (Å²) >= 11 is 9.53. The summed E-state index contributed by atoms with van der Waals surface area (Å²) < 4.78 is 0. The van der Waals surface area contributed by atoms with Gasteiger partial charge in [-0.05, 0) is 81.4 Å². The molecule has 1 aromatic carbocycles. The predicted molar refractivity (Wildman–Crippen MR) is 185 cm³/mol. The number of hydrogen-bond acceptors (Lipinski definition) is 5. The lowest BCUT2D eigenvalue weighted by atomic mass is 9.93. The Morgan fingerprint density at radius 2 is 1.53 bits per heavy atom. The van der Waals surface area contributed by atoms with Crippen LogP contribution in [0.3, 0.4) is 0 Å². The van der Waals surface area contributed by atoms with Crippen molar-refractivity contribution in [2.75, 3.05) is 11.9 Å². The van der Waals surface area contributed by atoms with E-state index < -0.39 is 6.04 Å². The molecule has 5 N–H and O–H groups in total. The monoisotopic (exact) mass is 631 g/mol. The van der Waals surface area contributed by atoms with Gasteiger partial charge in [-0.2, -0.15) is 0 Å². The van der Waals surface area contributed by atoms with E-state index in [1.165, 1.54) is 24.0 Å². The molecule has 1 saturated heterocycles. The number of carbonyl (C=O) groups is 1. The number of amides is 1. The van der Waals surface area contributed by atoms with Gasteiger partial charge in [0.05, 0.1) is 17.2 Å². The maximum absolute atomic E-state index is 14.2. The molecule has 4 rings (SSSR count). The predicted octanol–water partition coefficient (Wildman–Crippen LogP) is 6.81.